The first-order chi connectivity index (χ1) is 32.3. The minimum absolute atomic E-state index is 0.00719. The second kappa shape index (κ2) is 27.3. The van der Waals surface area contributed by atoms with E-state index in [1.807, 2.05) is 48.5 Å². The second-order valence-electron chi connectivity index (χ2n) is 21.5. The molecular formula is C52H92N8O9S. The van der Waals surface area contributed by atoms with Crippen LogP contribution in [0.25, 0.3) is 0 Å². The monoisotopic (exact) mass is 1000 g/mol. The number of rotatable bonds is 33. The van der Waals surface area contributed by atoms with Crippen molar-refractivity contribution in [3.63, 3.8) is 0 Å². The van der Waals surface area contributed by atoms with Crippen LogP contribution < -0.4 is 26.4 Å². The van der Waals surface area contributed by atoms with Crippen LogP contribution in [-0.4, -0.2) is 122 Å². The number of nitrogens with zero attached hydrogens (tertiary/aromatic N) is 3. The lowest BCUT2D eigenvalue weighted by Crippen LogP contribution is -2.55. The molecule has 18 heteroatoms. The molecule has 400 valence electrons. The molecule has 0 aliphatic rings. The van der Waals surface area contributed by atoms with Crippen molar-refractivity contribution in [1.29, 1.82) is 0 Å². The summed E-state index contributed by atoms with van der Waals surface area (Å²) < 4.78 is 53.1. The summed E-state index contributed by atoms with van der Waals surface area (Å²) in [6.07, 6.45) is 5.06. The summed E-state index contributed by atoms with van der Waals surface area (Å²) in [6, 6.07) is 7.65. The summed E-state index contributed by atoms with van der Waals surface area (Å²) in [5.74, 6) is -0.500. The minimum atomic E-state index is -3.95. The number of carbonyl (C=O) groups is 3. The molecule has 70 heavy (non-hydrogen) atoms. The Kier molecular flexibility index (Phi) is 24.3. The number of hydrogen-bond donors (Lipinski definition) is 5. The van der Waals surface area contributed by atoms with E-state index >= 15 is 0 Å². The number of nitrogens with one attached hydrogen (secondary N) is 4. The van der Waals surface area contributed by atoms with Crippen LogP contribution >= 0.6 is 0 Å². The standard InChI is InChI=1S/C52H92N8O9S/c1-17-50(14,44(62)54-29-21-19-20-22-30-55-45(63)51(15,18-2)69-52(16,53)28-34-67-48(10,11)47(7,8)9)49(12,13)68-36-33-60(32-35-66-38(3)4)31-27-43(61)58-41-23-25-42(26-24-41)70(64,65)59-46-56-39(5)37-40(6)57-46/h23-26,37-38H,17-22,27-36,53H2,1-16H3,(H,54,62)(H,55,63)(H,58,61)(H,56,57,59). The zero-order valence-electron chi connectivity index (χ0n) is 45.8. The molecule has 2 rings (SSSR count). The van der Waals surface area contributed by atoms with Gasteiger partial charge in [-0.25, -0.2) is 23.1 Å². The highest BCUT2D eigenvalue weighted by molar-refractivity contribution is 7.92. The number of aromatic nitrogens is 2. The van der Waals surface area contributed by atoms with Gasteiger partial charge in [0.2, 0.25) is 17.8 Å². The first kappa shape index (κ1) is 62.3. The van der Waals surface area contributed by atoms with Gasteiger partial charge in [-0.3, -0.25) is 19.3 Å². The maximum Gasteiger partial charge on any atom is 0.264 e. The molecule has 1 aromatic heterocycles. The summed E-state index contributed by atoms with van der Waals surface area (Å²) in [7, 11) is -3.95. The zero-order valence-corrected chi connectivity index (χ0v) is 46.6. The van der Waals surface area contributed by atoms with Crippen LogP contribution in [0, 0.1) is 24.7 Å². The molecule has 1 heterocycles. The van der Waals surface area contributed by atoms with E-state index in [4.69, 9.17) is 24.7 Å². The average Bonchev–Trinajstić information content (AvgIpc) is 3.24. The zero-order chi connectivity index (χ0) is 53.2. The summed E-state index contributed by atoms with van der Waals surface area (Å²) in [4.78, 5) is 50.5. The molecule has 0 saturated carbocycles. The SMILES string of the molecule is CCC(C)(OC(C)(N)CCOC(C)(C)C(C)(C)C)C(=O)NCCCCCCNC(=O)C(C)(CC)C(C)(C)OCCN(CCOC(C)C)CCC(=O)Nc1ccc(S(=O)(=O)Nc2nc(C)cc(C)n2)cc1. The van der Waals surface area contributed by atoms with Crippen LogP contribution in [0.2, 0.25) is 0 Å². The van der Waals surface area contributed by atoms with Gasteiger partial charge in [0, 0.05) is 62.6 Å². The van der Waals surface area contributed by atoms with Gasteiger partial charge in [0.25, 0.3) is 15.9 Å². The number of amides is 3. The fraction of sp³-hybridized carbons (Fsp3) is 0.750. The predicted molar refractivity (Wildman–Crippen MR) is 279 cm³/mol. The molecule has 3 unspecified atom stereocenters. The Morgan fingerprint density at radius 1 is 0.729 bits per heavy atom. The Morgan fingerprint density at radius 2 is 1.27 bits per heavy atom. The molecule has 0 aliphatic carbocycles. The number of sulfonamides is 1. The maximum atomic E-state index is 13.7. The van der Waals surface area contributed by atoms with E-state index in [2.05, 4.69) is 70.2 Å². The lowest BCUT2D eigenvalue weighted by Gasteiger charge is -2.42. The van der Waals surface area contributed by atoms with Gasteiger partial charge < -0.3 is 40.6 Å². The molecule has 1 aromatic carbocycles. The number of benzene rings is 1. The molecule has 2 aromatic rings. The molecule has 17 nitrogen and oxygen atoms in total. The molecule has 6 N–H and O–H groups in total. The average molecular weight is 1010 g/mol. The highest BCUT2D eigenvalue weighted by Gasteiger charge is 2.47. The number of unbranched alkanes of at least 4 members (excludes halogenated alkanes) is 3. The van der Waals surface area contributed by atoms with Crippen molar-refractivity contribution in [3.05, 3.63) is 41.7 Å². The number of anilines is 2. The van der Waals surface area contributed by atoms with Gasteiger partial charge in [0.15, 0.2) is 0 Å². The van der Waals surface area contributed by atoms with Crippen LogP contribution in [0.5, 0.6) is 0 Å². The van der Waals surface area contributed by atoms with E-state index < -0.39 is 32.4 Å². The third-order valence-electron chi connectivity index (χ3n) is 13.7. The minimum Gasteiger partial charge on any atom is -0.377 e. The van der Waals surface area contributed by atoms with Crippen molar-refractivity contribution in [2.45, 2.75) is 196 Å². The van der Waals surface area contributed by atoms with Crippen LogP contribution in [0.4, 0.5) is 11.6 Å². The third-order valence-corrected chi connectivity index (χ3v) is 15.1. The normalized spacial score (nSPS) is 15.2. The number of aryl methyl sites for hydroxylation is 2. The molecule has 0 bridgehead atoms. The van der Waals surface area contributed by atoms with Gasteiger partial charge in [0.05, 0.1) is 47.4 Å². The van der Waals surface area contributed by atoms with Crippen molar-refractivity contribution < 1.29 is 41.7 Å². The Bertz CT molecular complexity index is 2040. The van der Waals surface area contributed by atoms with Gasteiger partial charge in [0.1, 0.15) is 11.3 Å². The van der Waals surface area contributed by atoms with Crippen LogP contribution in [0.1, 0.15) is 160 Å². The van der Waals surface area contributed by atoms with E-state index in [0.717, 1.165) is 25.7 Å². The summed E-state index contributed by atoms with van der Waals surface area (Å²) in [5.41, 5.74) is 4.12. The van der Waals surface area contributed by atoms with Crippen LogP contribution in [-0.2, 0) is 43.4 Å². The molecule has 0 spiro atoms. The first-order valence-corrected chi connectivity index (χ1v) is 26.7. The Hall–Kier alpha value is -3.78. The Balaban J connectivity index is 1.83. The summed E-state index contributed by atoms with van der Waals surface area (Å²) >= 11 is 0. The van der Waals surface area contributed by atoms with Crippen LogP contribution in [0.15, 0.2) is 35.2 Å². The number of nitrogens with two attached hydrogens (primary N) is 1. The molecule has 3 amide bonds. The molecule has 0 fully saturated rings. The second-order valence-corrected chi connectivity index (χ2v) is 23.2. The van der Waals surface area contributed by atoms with Crippen molar-refractivity contribution >= 4 is 39.4 Å². The van der Waals surface area contributed by atoms with Gasteiger partial charge in [-0.2, -0.15) is 0 Å². The lowest BCUT2D eigenvalue weighted by molar-refractivity contribution is -0.178. The van der Waals surface area contributed by atoms with E-state index in [0.29, 0.717) is 88.9 Å². The van der Waals surface area contributed by atoms with E-state index in [1.165, 1.54) is 24.3 Å². The molecule has 0 radical (unpaired) electrons. The van der Waals surface area contributed by atoms with E-state index in [9.17, 15) is 22.8 Å². The van der Waals surface area contributed by atoms with E-state index in [-0.39, 0.29) is 52.1 Å². The number of ether oxygens (including phenoxy) is 4. The van der Waals surface area contributed by atoms with Crippen molar-refractivity contribution in [2.75, 3.05) is 62.6 Å². The van der Waals surface area contributed by atoms with Crippen molar-refractivity contribution in [3.8, 4) is 0 Å². The van der Waals surface area contributed by atoms with Gasteiger partial charge >= 0.3 is 0 Å². The quantitative estimate of drug-likeness (QED) is 0.0338. The summed E-state index contributed by atoms with van der Waals surface area (Å²) in [6.45, 7) is 35.1. The van der Waals surface area contributed by atoms with Crippen LogP contribution in [0.3, 0.4) is 0 Å². The van der Waals surface area contributed by atoms with Gasteiger partial charge in [-0.15, -0.1) is 0 Å². The molecular weight excluding hydrogens is 913 g/mol. The number of hydrogen-bond acceptors (Lipinski definition) is 13. The smallest absolute Gasteiger partial charge is 0.264 e. The van der Waals surface area contributed by atoms with Gasteiger partial charge in [-0.05, 0) is 138 Å². The fourth-order valence-corrected chi connectivity index (χ4v) is 8.26. The number of carbonyl (C=O) groups excluding carboxylic acids is 3. The molecule has 0 aliphatic heterocycles. The summed E-state index contributed by atoms with van der Waals surface area (Å²) in [5, 5.41) is 9.05. The third kappa shape index (κ3) is 20.4. The topological polar surface area (TPSA) is 225 Å². The van der Waals surface area contributed by atoms with Gasteiger partial charge in [-0.1, -0.05) is 47.5 Å². The largest absolute Gasteiger partial charge is 0.377 e. The lowest BCUT2D eigenvalue weighted by atomic mass is 9.72. The Labute approximate surface area is 421 Å². The van der Waals surface area contributed by atoms with E-state index in [1.54, 1.807) is 33.8 Å². The Morgan fingerprint density at radius 3 is 1.80 bits per heavy atom. The fourth-order valence-electron chi connectivity index (χ4n) is 7.31. The maximum absolute atomic E-state index is 13.7. The highest BCUT2D eigenvalue weighted by atomic mass is 32.2. The van der Waals surface area contributed by atoms with Crippen molar-refractivity contribution in [2.24, 2.45) is 16.6 Å². The molecule has 0 saturated heterocycles. The predicted octanol–water partition coefficient (Wildman–Crippen LogP) is 8.05. The molecule has 3 atom stereocenters. The first-order valence-electron chi connectivity index (χ1n) is 25.2. The van der Waals surface area contributed by atoms with Crippen molar-refractivity contribution in [1.82, 2.24) is 25.5 Å². The highest BCUT2D eigenvalue weighted by Crippen LogP contribution is 2.38.